The topological polar surface area (TPSA) is 107 Å². The Morgan fingerprint density at radius 3 is 1.91 bits per heavy atom. The van der Waals surface area contributed by atoms with E-state index in [1.165, 1.54) is 12.1 Å². The lowest BCUT2D eigenvalue weighted by atomic mass is 10.1. The number of rotatable bonds is 4. The molecule has 22 heavy (non-hydrogen) atoms. The van der Waals surface area contributed by atoms with Crippen LogP contribution in [0.1, 0.15) is 33.3 Å². The number of hydrogen-bond donors (Lipinski definition) is 2. The fourth-order valence-corrected chi connectivity index (χ4v) is 1.77. The Hall–Kier alpha value is -1.44. The maximum Gasteiger partial charge on any atom is 0.323 e. The normalized spacial score (nSPS) is 12.6. The number of esters is 1. The van der Waals surface area contributed by atoms with Crippen molar-refractivity contribution in [3.8, 4) is 0 Å². The van der Waals surface area contributed by atoms with Gasteiger partial charge in [0.15, 0.2) is 0 Å². The number of carbonyl (C=O) groups excluding carboxylic acids is 1. The first-order valence-electron chi connectivity index (χ1n) is 6.95. The summed E-state index contributed by atoms with van der Waals surface area (Å²) in [6.45, 7) is 9.25. The van der Waals surface area contributed by atoms with Crippen LogP contribution < -0.4 is 5.73 Å². The molecule has 7 heteroatoms. The van der Waals surface area contributed by atoms with E-state index in [1.54, 1.807) is 12.1 Å². The Labute approximate surface area is 132 Å². The smallest absolute Gasteiger partial charge is 0.323 e. The van der Waals surface area contributed by atoms with E-state index in [0.717, 1.165) is 5.56 Å². The molecule has 0 heterocycles. The van der Waals surface area contributed by atoms with Crippen LogP contribution in [0.25, 0.3) is 0 Å². The van der Waals surface area contributed by atoms with Crippen LogP contribution in [0.3, 0.4) is 0 Å². The molecule has 0 amide bonds. The first-order valence-corrected chi connectivity index (χ1v) is 8.39. The largest absolute Gasteiger partial charge is 0.462 e. The Kier molecular flexibility index (Phi) is 8.29. The minimum Gasteiger partial charge on any atom is -0.462 e. The second-order valence-electron chi connectivity index (χ2n) is 5.54. The molecule has 0 spiro atoms. The third-order valence-electron chi connectivity index (χ3n) is 2.66. The zero-order chi connectivity index (χ0) is 17.5. The van der Waals surface area contributed by atoms with Gasteiger partial charge in [-0.05, 0) is 38.8 Å². The molecule has 1 atom stereocenters. The van der Waals surface area contributed by atoms with E-state index in [9.17, 15) is 13.2 Å². The highest BCUT2D eigenvalue weighted by Crippen LogP contribution is 2.08. The molecular weight excluding hydrogens is 306 g/mol. The first kappa shape index (κ1) is 20.6. The van der Waals surface area contributed by atoms with E-state index in [1.807, 2.05) is 34.6 Å². The van der Waals surface area contributed by atoms with Crippen molar-refractivity contribution < 1.29 is 22.5 Å². The summed E-state index contributed by atoms with van der Waals surface area (Å²) in [5, 5.41) is 0. The maximum absolute atomic E-state index is 11.0. The number of nitrogens with two attached hydrogens (primary N) is 1. The number of hydrogen-bond acceptors (Lipinski definition) is 5. The molecule has 0 bridgehead atoms. The summed E-state index contributed by atoms with van der Waals surface area (Å²) < 4.78 is 34.5. The summed E-state index contributed by atoms with van der Waals surface area (Å²) in [4.78, 5) is 11.0. The van der Waals surface area contributed by atoms with Gasteiger partial charge in [0.1, 0.15) is 6.04 Å². The molecule has 0 aliphatic heterocycles. The third kappa shape index (κ3) is 8.11. The molecule has 1 aromatic rings. The van der Waals surface area contributed by atoms with Gasteiger partial charge in [0.25, 0.3) is 10.1 Å². The van der Waals surface area contributed by atoms with Gasteiger partial charge in [-0.3, -0.25) is 9.35 Å². The van der Waals surface area contributed by atoms with E-state index in [2.05, 4.69) is 0 Å². The van der Waals surface area contributed by atoms with Crippen molar-refractivity contribution >= 4 is 16.1 Å². The van der Waals surface area contributed by atoms with E-state index < -0.39 is 16.2 Å². The average Bonchev–Trinajstić information content (AvgIpc) is 2.37. The van der Waals surface area contributed by atoms with Crippen LogP contribution in [0.5, 0.6) is 0 Å². The van der Waals surface area contributed by atoms with Crippen molar-refractivity contribution in [3.63, 3.8) is 0 Å². The molecule has 0 aliphatic rings. The van der Waals surface area contributed by atoms with Crippen LogP contribution >= 0.6 is 0 Å². The molecule has 6 nitrogen and oxygen atoms in total. The van der Waals surface area contributed by atoms with Gasteiger partial charge in [-0.25, -0.2) is 0 Å². The fourth-order valence-electron chi connectivity index (χ4n) is 1.29. The lowest BCUT2D eigenvalue weighted by molar-refractivity contribution is -0.150. The van der Waals surface area contributed by atoms with Crippen molar-refractivity contribution in [3.05, 3.63) is 29.8 Å². The number of aryl methyl sites for hydroxylation is 1. The van der Waals surface area contributed by atoms with Crippen molar-refractivity contribution in [1.29, 1.82) is 0 Å². The molecule has 0 aromatic heterocycles. The summed E-state index contributed by atoms with van der Waals surface area (Å²) >= 11 is 0. The van der Waals surface area contributed by atoms with Gasteiger partial charge in [-0.15, -0.1) is 0 Å². The van der Waals surface area contributed by atoms with Crippen molar-refractivity contribution in [1.82, 2.24) is 0 Å². The Morgan fingerprint density at radius 2 is 1.59 bits per heavy atom. The third-order valence-corrected chi connectivity index (χ3v) is 3.53. The molecule has 0 radical (unpaired) electrons. The Bertz CT molecular complexity index is 564. The minimum atomic E-state index is -4.02. The fraction of sp³-hybridized carbons (Fsp3) is 0.533. The maximum atomic E-state index is 11.0. The molecule has 1 unspecified atom stereocenters. The van der Waals surface area contributed by atoms with E-state index in [-0.39, 0.29) is 22.9 Å². The second-order valence-corrected chi connectivity index (χ2v) is 6.97. The van der Waals surface area contributed by atoms with Gasteiger partial charge in [0.05, 0.1) is 11.0 Å². The first-order chi connectivity index (χ1) is 9.95. The molecule has 0 saturated heterocycles. The highest BCUT2D eigenvalue weighted by atomic mass is 32.2. The molecular formula is C15H25NO5S. The van der Waals surface area contributed by atoms with Crippen LogP contribution in [0.2, 0.25) is 0 Å². The Morgan fingerprint density at radius 1 is 1.14 bits per heavy atom. The van der Waals surface area contributed by atoms with Gasteiger partial charge < -0.3 is 10.5 Å². The quantitative estimate of drug-likeness (QED) is 0.647. The highest BCUT2D eigenvalue weighted by molar-refractivity contribution is 7.85. The Balaban J connectivity index is 0.000000401. The molecule has 126 valence electrons. The van der Waals surface area contributed by atoms with Gasteiger partial charge in [-0.2, -0.15) is 8.42 Å². The van der Waals surface area contributed by atoms with E-state index in [0.29, 0.717) is 0 Å². The van der Waals surface area contributed by atoms with Gasteiger partial charge >= 0.3 is 5.97 Å². The monoisotopic (exact) mass is 331 g/mol. The average molecular weight is 331 g/mol. The SMILES string of the molecule is CC(C)OC(=O)C(N)C(C)C.Cc1ccc(S(=O)(=O)O)cc1. The van der Waals surface area contributed by atoms with Crippen LogP contribution in [0, 0.1) is 12.8 Å². The summed E-state index contributed by atoms with van der Waals surface area (Å²) in [5.41, 5.74) is 6.49. The zero-order valence-corrected chi connectivity index (χ0v) is 14.4. The summed E-state index contributed by atoms with van der Waals surface area (Å²) in [5.74, 6) is -0.170. The van der Waals surface area contributed by atoms with Gasteiger partial charge in [0.2, 0.25) is 0 Å². The predicted molar refractivity (Wildman–Crippen MR) is 85.0 cm³/mol. The van der Waals surface area contributed by atoms with Gasteiger partial charge in [-0.1, -0.05) is 31.5 Å². The summed E-state index contributed by atoms with van der Waals surface area (Å²) in [6.07, 6.45) is -0.0766. The lowest BCUT2D eigenvalue weighted by Gasteiger charge is -2.16. The second kappa shape index (κ2) is 8.87. The number of carbonyl (C=O) groups is 1. The standard InChI is InChI=1S/C8H17NO2.C7H8O3S/c1-5(2)7(9)8(10)11-6(3)4;1-6-2-4-7(5-3-6)11(8,9)10/h5-7H,9H2,1-4H3;2-5H,1H3,(H,8,9,10). The molecule has 1 rings (SSSR count). The van der Waals surface area contributed by atoms with Crippen LogP contribution in [0.15, 0.2) is 29.2 Å². The zero-order valence-electron chi connectivity index (χ0n) is 13.6. The van der Waals surface area contributed by atoms with E-state index >= 15 is 0 Å². The van der Waals surface area contributed by atoms with Crippen LogP contribution in [0.4, 0.5) is 0 Å². The number of benzene rings is 1. The predicted octanol–water partition coefficient (Wildman–Crippen LogP) is 2.16. The van der Waals surface area contributed by atoms with Crippen molar-refractivity contribution in [2.45, 2.75) is 51.7 Å². The highest BCUT2D eigenvalue weighted by Gasteiger charge is 2.19. The number of ether oxygens (including phenoxy) is 1. The molecule has 1 aromatic carbocycles. The van der Waals surface area contributed by atoms with E-state index in [4.69, 9.17) is 15.0 Å². The minimum absolute atomic E-state index is 0.0666. The van der Waals surface area contributed by atoms with Crippen LogP contribution in [-0.4, -0.2) is 31.1 Å². The molecule has 3 N–H and O–H groups in total. The van der Waals surface area contributed by atoms with Crippen LogP contribution in [-0.2, 0) is 19.6 Å². The molecule has 0 aliphatic carbocycles. The summed E-state index contributed by atoms with van der Waals surface area (Å²) in [6, 6.07) is 5.50. The van der Waals surface area contributed by atoms with Crippen molar-refractivity contribution in [2.24, 2.45) is 11.7 Å². The van der Waals surface area contributed by atoms with Crippen molar-refractivity contribution in [2.75, 3.05) is 0 Å². The van der Waals surface area contributed by atoms with Gasteiger partial charge in [0, 0.05) is 0 Å². The summed E-state index contributed by atoms with van der Waals surface area (Å²) in [7, 11) is -4.02. The molecule has 0 saturated carbocycles. The lowest BCUT2D eigenvalue weighted by Crippen LogP contribution is -2.38. The molecule has 0 fully saturated rings.